The summed E-state index contributed by atoms with van der Waals surface area (Å²) in [7, 11) is 0. The van der Waals surface area contributed by atoms with Crippen molar-refractivity contribution in [3.63, 3.8) is 0 Å². The van der Waals surface area contributed by atoms with Crippen molar-refractivity contribution < 1.29 is 0 Å². The molecule has 127 valence electrons. The van der Waals surface area contributed by atoms with Crippen molar-refractivity contribution in [3.05, 3.63) is 0 Å². The van der Waals surface area contributed by atoms with Gasteiger partial charge in [-0.2, -0.15) is 0 Å². The van der Waals surface area contributed by atoms with Gasteiger partial charge in [0.05, 0.1) is 0 Å². The molecule has 0 spiro atoms. The van der Waals surface area contributed by atoms with Gasteiger partial charge in [0.25, 0.3) is 0 Å². The molecule has 21 heavy (non-hydrogen) atoms. The Morgan fingerprint density at radius 3 is 1.14 bits per heavy atom. The quantitative estimate of drug-likeness (QED) is 0.276. The average Bonchev–Trinajstić information content (AvgIpc) is 2.50. The van der Waals surface area contributed by atoms with E-state index in [1.165, 1.54) is 89.9 Å². The van der Waals surface area contributed by atoms with Gasteiger partial charge in [-0.1, -0.05) is 91.9 Å². The first-order valence-corrected chi connectivity index (χ1v) is 9.98. The van der Waals surface area contributed by atoms with Gasteiger partial charge < -0.3 is 0 Å². The van der Waals surface area contributed by atoms with Crippen LogP contribution >= 0.6 is 0 Å². The van der Waals surface area contributed by atoms with Gasteiger partial charge in [0, 0.05) is 12.1 Å². The lowest BCUT2D eigenvalue weighted by atomic mass is 9.98. The summed E-state index contributed by atoms with van der Waals surface area (Å²) < 4.78 is 0. The Labute approximate surface area is 135 Å². The molecule has 2 atom stereocenters. The molecule has 0 aliphatic rings. The molecule has 0 fully saturated rings. The van der Waals surface area contributed by atoms with Crippen LogP contribution < -0.4 is 5.32 Å². The molecule has 0 amide bonds. The normalized spacial score (nSPS) is 14.3. The molecule has 0 rings (SSSR count). The lowest BCUT2D eigenvalue weighted by molar-refractivity contribution is 0.328. The third kappa shape index (κ3) is 13.4. The van der Waals surface area contributed by atoms with Crippen LogP contribution in [0.1, 0.15) is 118 Å². The minimum Gasteiger partial charge on any atom is -0.235 e. The Morgan fingerprint density at radius 2 is 0.810 bits per heavy atom. The van der Waals surface area contributed by atoms with Crippen LogP contribution in [0.15, 0.2) is 0 Å². The Kier molecular flexibility index (Phi) is 16.3. The molecule has 0 aliphatic carbocycles. The third-order valence-electron chi connectivity index (χ3n) is 4.49. The van der Waals surface area contributed by atoms with Crippen LogP contribution in [0.25, 0.3) is 0 Å². The molecule has 0 saturated heterocycles. The summed E-state index contributed by atoms with van der Waals surface area (Å²) in [6, 6.07) is 1.31. The van der Waals surface area contributed by atoms with E-state index in [4.69, 9.17) is 5.32 Å². The van der Waals surface area contributed by atoms with Crippen molar-refractivity contribution in [1.29, 1.82) is 0 Å². The molecule has 0 aromatic carbocycles. The van der Waals surface area contributed by atoms with Crippen LogP contribution in [-0.4, -0.2) is 12.1 Å². The van der Waals surface area contributed by atoms with Gasteiger partial charge in [-0.3, -0.25) is 0 Å². The van der Waals surface area contributed by atoms with Crippen molar-refractivity contribution in [1.82, 2.24) is 5.32 Å². The average molecular weight is 297 g/mol. The minimum atomic E-state index is 0.653. The smallest absolute Gasteiger partial charge is 0.0249 e. The molecule has 0 bridgehead atoms. The van der Waals surface area contributed by atoms with Crippen LogP contribution in [-0.2, 0) is 0 Å². The summed E-state index contributed by atoms with van der Waals surface area (Å²) in [4.78, 5) is 0. The van der Waals surface area contributed by atoms with E-state index in [2.05, 4.69) is 27.7 Å². The summed E-state index contributed by atoms with van der Waals surface area (Å²) >= 11 is 0. The van der Waals surface area contributed by atoms with E-state index in [1.54, 1.807) is 0 Å². The topological polar surface area (TPSA) is 14.1 Å². The highest BCUT2D eigenvalue weighted by atomic mass is 14.9. The van der Waals surface area contributed by atoms with Gasteiger partial charge in [0.15, 0.2) is 0 Å². The van der Waals surface area contributed by atoms with E-state index in [0.29, 0.717) is 12.1 Å². The van der Waals surface area contributed by atoms with Crippen molar-refractivity contribution in [2.24, 2.45) is 0 Å². The highest BCUT2D eigenvalue weighted by molar-refractivity contribution is 4.74. The standard InChI is InChI=1S/C20H42N/c1-5-9-13-17-19(15-11-7-3)21-20(16-12-8-4)18-14-10-6-2/h19-20H,5-18H2,1-4H3. The fraction of sp³-hybridized carbons (Fsp3) is 1.00. The molecular formula is C20H42N. The Hall–Kier alpha value is -0.0400. The minimum absolute atomic E-state index is 0.653. The molecule has 1 radical (unpaired) electrons. The van der Waals surface area contributed by atoms with Crippen molar-refractivity contribution in [2.45, 2.75) is 130 Å². The summed E-state index contributed by atoms with van der Waals surface area (Å²) in [5.41, 5.74) is 0. The van der Waals surface area contributed by atoms with Crippen LogP contribution in [0.5, 0.6) is 0 Å². The fourth-order valence-electron chi connectivity index (χ4n) is 3.02. The maximum absolute atomic E-state index is 5.29. The lowest BCUT2D eigenvalue weighted by Gasteiger charge is -2.24. The zero-order valence-corrected chi connectivity index (χ0v) is 15.5. The first kappa shape index (κ1) is 21.0. The Morgan fingerprint density at radius 1 is 0.476 bits per heavy atom. The maximum Gasteiger partial charge on any atom is 0.0249 e. The van der Waals surface area contributed by atoms with E-state index in [9.17, 15) is 0 Å². The summed E-state index contributed by atoms with van der Waals surface area (Å²) in [5.74, 6) is 0. The number of hydrogen-bond acceptors (Lipinski definition) is 0. The molecule has 2 unspecified atom stereocenters. The second kappa shape index (κ2) is 16.3. The van der Waals surface area contributed by atoms with E-state index in [1.807, 2.05) is 0 Å². The predicted molar refractivity (Wildman–Crippen MR) is 97.0 cm³/mol. The SMILES string of the molecule is CCCCCC(CCCC)[N]C(CCCC)CCCCC. The van der Waals surface area contributed by atoms with Crippen LogP contribution in [0.2, 0.25) is 0 Å². The molecule has 0 N–H and O–H groups in total. The Bertz CT molecular complexity index is 170. The van der Waals surface area contributed by atoms with E-state index in [0.717, 1.165) is 0 Å². The Balaban J connectivity index is 4.22. The van der Waals surface area contributed by atoms with Crippen molar-refractivity contribution in [3.8, 4) is 0 Å². The van der Waals surface area contributed by atoms with Gasteiger partial charge in [-0.25, -0.2) is 5.32 Å². The van der Waals surface area contributed by atoms with Gasteiger partial charge in [-0.15, -0.1) is 0 Å². The molecule has 0 saturated carbocycles. The van der Waals surface area contributed by atoms with Crippen LogP contribution in [0.3, 0.4) is 0 Å². The molecule has 0 aromatic heterocycles. The molecule has 0 heterocycles. The number of hydrogen-bond donors (Lipinski definition) is 0. The molecule has 1 nitrogen and oxygen atoms in total. The second-order valence-electron chi connectivity index (χ2n) is 6.73. The first-order valence-electron chi connectivity index (χ1n) is 9.98. The van der Waals surface area contributed by atoms with E-state index < -0.39 is 0 Å². The monoisotopic (exact) mass is 296 g/mol. The van der Waals surface area contributed by atoms with Gasteiger partial charge in [0.1, 0.15) is 0 Å². The summed E-state index contributed by atoms with van der Waals surface area (Å²) in [6.07, 6.45) is 18.9. The fourth-order valence-corrected chi connectivity index (χ4v) is 3.02. The largest absolute Gasteiger partial charge is 0.235 e. The van der Waals surface area contributed by atoms with Gasteiger partial charge in [0.2, 0.25) is 0 Å². The zero-order chi connectivity index (χ0) is 15.8. The highest BCUT2D eigenvalue weighted by Gasteiger charge is 2.16. The predicted octanol–water partition coefficient (Wildman–Crippen LogP) is 6.87. The summed E-state index contributed by atoms with van der Waals surface area (Å²) in [5, 5.41) is 5.29. The molecule has 0 aromatic rings. The third-order valence-corrected chi connectivity index (χ3v) is 4.49. The number of rotatable bonds is 16. The van der Waals surface area contributed by atoms with Gasteiger partial charge in [-0.05, 0) is 25.7 Å². The highest BCUT2D eigenvalue weighted by Crippen LogP contribution is 2.17. The van der Waals surface area contributed by atoms with E-state index >= 15 is 0 Å². The second-order valence-corrected chi connectivity index (χ2v) is 6.73. The molecular weight excluding hydrogens is 254 g/mol. The maximum atomic E-state index is 5.29. The van der Waals surface area contributed by atoms with E-state index in [-0.39, 0.29) is 0 Å². The molecule has 0 aliphatic heterocycles. The van der Waals surface area contributed by atoms with Crippen molar-refractivity contribution >= 4 is 0 Å². The molecule has 1 heteroatoms. The first-order chi connectivity index (χ1) is 10.3. The number of nitrogens with zero attached hydrogens (tertiary/aromatic N) is 1. The summed E-state index contributed by atoms with van der Waals surface area (Å²) in [6.45, 7) is 9.21. The number of unbranched alkanes of at least 4 members (excludes halogenated alkanes) is 6. The van der Waals surface area contributed by atoms with Gasteiger partial charge >= 0.3 is 0 Å². The van der Waals surface area contributed by atoms with Crippen molar-refractivity contribution in [2.75, 3.05) is 0 Å². The lowest BCUT2D eigenvalue weighted by Crippen LogP contribution is -2.32. The van der Waals surface area contributed by atoms with Crippen LogP contribution in [0.4, 0.5) is 0 Å². The van der Waals surface area contributed by atoms with Crippen LogP contribution in [0, 0.1) is 0 Å². The zero-order valence-electron chi connectivity index (χ0n) is 15.5.